The van der Waals surface area contributed by atoms with Gasteiger partial charge in [0.2, 0.25) is 0 Å². The number of hydrogen-bond acceptors (Lipinski definition) is 1. The fourth-order valence-electron chi connectivity index (χ4n) is 2.93. The summed E-state index contributed by atoms with van der Waals surface area (Å²) in [5, 5.41) is 0. The highest BCUT2D eigenvalue weighted by Gasteiger charge is 2.31. The van der Waals surface area contributed by atoms with Gasteiger partial charge in [-0.1, -0.05) is 42.1 Å². The van der Waals surface area contributed by atoms with Crippen LogP contribution >= 0.6 is 15.9 Å². The lowest BCUT2D eigenvalue weighted by Gasteiger charge is -2.29. The van der Waals surface area contributed by atoms with Crippen LogP contribution in [0.1, 0.15) is 49.4 Å². The highest BCUT2D eigenvalue weighted by atomic mass is 79.9. The first-order valence-electron chi connectivity index (χ1n) is 6.62. The Hall–Kier alpha value is -0.700. The highest BCUT2D eigenvalue weighted by Crippen LogP contribution is 2.35. The standard InChI is InChI=1S/C15H18BrFO/c1-2-10-5-3-4-6-12(10)15(18)13-9-11(16)7-8-14(13)17/h7-10,12H,2-6H2,1H3. The number of carbonyl (C=O) groups is 1. The summed E-state index contributed by atoms with van der Waals surface area (Å²) in [5.41, 5.74) is 0.245. The van der Waals surface area contributed by atoms with Gasteiger partial charge in [-0.25, -0.2) is 4.39 Å². The van der Waals surface area contributed by atoms with Crippen LogP contribution in [0.3, 0.4) is 0 Å². The van der Waals surface area contributed by atoms with Crippen molar-refractivity contribution < 1.29 is 9.18 Å². The van der Waals surface area contributed by atoms with Crippen molar-refractivity contribution in [1.82, 2.24) is 0 Å². The number of hydrogen-bond donors (Lipinski definition) is 0. The molecule has 0 spiro atoms. The zero-order valence-electron chi connectivity index (χ0n) is 10.6. The molecule has 0 amide bonds. The summed E-state index contributed by atoms with van der Waals surface area (Å²) in [6.07, 6.45) is 5.30. The van der Waals surface area contributed by atoms with Crippen molar-refractivity contribution in [2.45, 2.75) is 39.0 Å². The molecule has 18 heavy (non-hydrogen) atoms. The van der Waals surface area contributed by atoms with E-state index in [0.717, 1.165) is 30.2 Å². The van der Waals surface area contributed by atoms with Gasteiger partial charge in [-0.2, -0.15) is 0 Å². The Labute approximate surface area is 116 Å². The molecule has 1 aliphatic rings. The molecule has 1 aromatic rings. The molecular formula is C15H18BrFO. The molecule has 1 nitrogen and oxygen atoms in total. The first-order valence-corrected chi connectivity index (χ1v) is 7.42. The summed E-state index contributed by atoms with van der Waals surface area (Å²) in [7, 11) is 0. The minimum Gasteiger partial charge on any atom is -0.294 e. The second-order valence-corrected chi connectivity index (χ2v) is 5.96. The normalized spacial score (nSPS) is 23.9. The molecule has 0 bridgehead atoms. The minimum atomic E-state index is -0.399. The van der Waals surface area contributed by atoms with E-state index in [0.29, 0.717) is 5.92 Å². The highest BCUT2D eigenvalue weighted by molar-refractivity contribution is 9.10. The van der Waals surface area contributed by atoms with Gasteiger partial charge in [-0.05, 0) is 37.0 Å². The second kappa shape index (κ2) is 5.96. The van der Waals surface area contributed by atoms with Gasteiger partial charge in [0.05, 0.1) is 5.56 Å². The third kappa shape index (κ3) is 2.82. The van der Waals surface area contributed by atoms with E-state index in [9.17, 15) is 9.18 Å². The van der Waals surface area contributed by atoms with Crippen LogP contribution in [-0.4, -0.2) is 5.78 Å². The maximum absolute atomic E-state index is 13.8. The molecule has 2 rings (SSSR count). The lowest BCUT2D eigenvalue weighted by molar-refractivity contribution is 0.0816. The Morgan fingerprint density at radius 1 is 1.39 bits per heavy atom. The van der Waals surface area contributed by atoms with Gasteiger partial charge in [0.1, 0.15) is 5.82 Å². The fourth-order valence-corrected chi connectivity index (χ4v) is 3.29. The van der Waals surface area contributed by atoms with Crippen LogP contribution in [0.15, 0.2) is 22.7 Å². The fraction of sp³-hybridized carbons (Fsp3) is 0.533. The summed E-state index contributed by atoms with van der Waals surface area (Å²) < 4.78 is 14.5. The maximum atomic E-state index is 13.8. The van der Waals surface area contributed by atoms with Crippen molar-refractivity contribution in [1.29, 1.82) is 0 Å². The quantitative estimate of drug-likeness (QED) is 0.719. The van der Waals surface area contributed by atoms with Gasteiger partial charge >= 0.3 is 0 Å². The predicted molar refractivity (Wildman–Crippen MR) is 74.2 cm³/mol. The average molecular weight is 313 g/mol. The molecule has 1 aliphatic carbocycles. The van der Waals surface area contributed by atoms with Crippen LogP contribution < -0.4 is 0 Å². The number of benzene rings is 1. The van der Waals surface area contributed by atoms with Gasteiger partial charge in [-0.3, -0.25) is 4.79 Å². The molecular weight excluding hydrogens is 295 g/mol. The molecule has 3 heteroatoms. The van der Waals surface area contributed by atoms with E-state index in [4.69, 9.17) is 0 Å². The van der Waals surface area contributed by atoms with Crippen molar-refractivity contribution in [3.8, 4) is 0 Å². The van der Waals surface area contributed by atoms with Crippen LogP contribution in [0, 0.1) is 17.7 Å². The number of Topliss-reactive ketones (excluding diaryl/α,β-unsaturated/α-hetero) is 1. The van der Waals surface area contributed by atoms with Gasteiger partial charge in [0, 0.05) is 10.4 Å². The van der Waals surface area contributed by atoms with Gasteiger partial charge in [0.15, 0.2) is 5.78 Å². The number of ketones is 1. The molecule has 0 saturated heterocycles. The van der Waals surface area contributed by atoms with E-state index in [1.807, 2.05) is 0 Å². The van der Waals surface area contributed by atoms with Crippen molar-refractivity contribution in [3.63, 3.8) is 0 Å². The number of halogens is 2. The van der Waals surface area contributed by atoms with Gasteiger partial charge < -0.3 is 0 Å². The van der Waals surface area contributed by atoms with Crippen molar-refractivity contribution >= 4 is 21.7 Å². The Balaban J connectivity index is 2.26. The third-order valence-corrected chi connectivity index (χ3v) is 4.46. The van der Waals surface area contributed by atoms with E-state index in [1.165, 1.54) is 12.5 Å². The number of rotatable bonds is 3. The molecule has 1 aromatic carbocycles. The second-order valence-electron chi connectivity index (χ2n) is 5.05. The van der Waals surface area contributed by atoms with Gasteiger partial charge in [-0.15, -0.1) is 0 Å². The Kier molecular flexibility index (Phi) is 4.55. The van der Waals surface area contributed by atoms with Gasteiger partial charge in [0.25, 0.3) is 0 Å². The summed E-state index contributed by atoms with van der Waals surface area (Å²) in [5.74, 6) is 0.0150. The first kappa shape index (κ1) is 13.7. The average Bonchev–Trinajstić information content (AvgIpc) is 2.40. The van der Waals surface area contributed by atoms with Crippen LogP contribution in [-0.2, 0) is 0 Å². The molecule has 1 saturated carbocycles. The minimum absolute atomic E-state index is 0.00699. The van der Waals surface area contributed by atoms with E-state index in [1.54, 1.807) is 12.1 Å². The van der Waals surface area contributed by atoms with Crippen molar-refractivity contribution in [2.75, 3.05) is 0 Å². The van der Waals surface area contributed by atoms with Crippen molar-refractivity contribution in [2.24, 2.45) is 11.8 Å². The summed E-state index contributed by atoms with van der Waals surface area (Å²) in [6, 6.07) is 4.60. The summed E-state index contributed by atoms with van der Waals surface area (Å²) in [6.45, 7) is 2.12. The molecule has 0 N–H and O–H groups in total. The van der Waals surface area contributed by atoms with E-state index >= 15 is 0 Å². The molecule has 0 heterocycles. The zero-order valence-corrected chi connectivity index (χ0v) is 12.2. The Morgan fingerprint density at radius 3 is 2.83 bits per heavy atom. The maximum Gasteiger partial charge on any atom is 0.169 e. The predicted octanol–water partition coefficient (Wildman–Crippen LogP) is 4.99. The third-order valence-electron chi connectivity index (χ3n) is 3.96. The smallest absolute Gasteiger partial charge is 0.169 e. The molecule has 2 unspecified atom stereocenters. The monoisotopic (exact) mass is 312 g/mol. The van der Waals surface area contributed by atoms with E-state index in [2.05, 4.69) is 22.9 Å². The summed E-state index contributed by atoms with van der Waals surface area (Å²) in [4.78, 5) is 12.5. The van der Waals surface area contributed by atoms with Crippen molar-refractivity contribution in [3.05, 3.63) is 34.1 Å². The van der Waals surface area contributed by atoms with E-state index in [-0.39, 0.29) is 17.3 Å². The largest absolute Gasteiger partial charge is 0.294 e. The molecule has 98 valence electrons. The van der Waals surface area contributed by atoms with Crippen LogP contribution in [0.25, 0.3) is 0 Å². The Bertz CT molecular complexity index is 444. The molecule has 1 fully saturated rings. The molecule has 2 atom stereocenters. The molecule has 0 radical (unpaired) electrons. The Morgan fingerprint density at radius 2 is 2.11 bits per heavy atom. The van der Waals surface area contributed by atoms with Crippen LogP contribution in [0.5, 0.6) is 0 Å². The van der Waals surface area contributed by atoms with Crippen LogP contribution in [0.4, 0.5) is 4.39 Å². The molecule has 0 aromatic heterocycles. The summed E-state index contributed by atoms with van der Waals surface area (Å²) >= 11 is 3.30. The topological polar surface area (TPSA) is 17.1 Å². The lowest BCUT2D eigenvalue weighted by atomic mass is 9.74. The zero-order chi connectivity index (χ0) is 13.1. The van der Waals surface area contributed by atoms with E-state index < -0.39 is 5.82 Å². The van der Waals surface area contributed by atoms with Crippen LogP contribution in [0.2, 0.25) is 0 Å². The molecule has 0 aliphatic heterocycles. The lowest BCUT2D eigenvalue weighted by Crippen LogP contribution is -2.27. The SMILES string of the molecule is CCC1CCCCC1C(=O)c1cc(Br)ccc1F. The number of carbonyl (C=O) groups excluding carboxylic acids is 1. The first-order chi connectivity index (χ1) is 8.63.